The molecule has 0 radical (unpaired) electrons. The molecule has 1 aliphatic heterocycles. The monoisotopic (exact) mass is 286 g/mol. The molecule has 1 aliphatic rings. The maximum Gasteiger partial charge on any atom is 0.323 e. The van der Waals surface area contributed by atoms with Gasteiger partial charge in [0.15, 0.2) is 0 Å². The van der Waals surface area contributed by atoms with Crippen molar-refractivity contribution in [1.29, 1.82) is 0 Å². The Morgan fingerprint density at radius 2 is 2.20 bits per heavy atom. The molecule has 2 atom stereocenters. The lowest BCUT2D eigenvalue weighted by Gasteiger charge is -2.35. The molecule has 118 valence electrons. The van der Waals surface area contributed by atoms with E-state index in [9.17, 15) is 4.79 Å². The zero-order valence-electron chi connectivity index (χ0n) is 13.4. The molecule has 20 heavy (non-hydrogen) atoms. The van der Waals surface area contributed by atoms with Gasteiger partial charge in [0.25, 0.3) is 0 Å². The third-order valence-corrected chi connectivity index (χ3v) is 3.63. The highest BCUT2D eigenvalue weighted by atomic mass is 16.5. The zero-order valence-corrected chi connectivity index (χ0v) is 13.4. The summed E-state index contributed by atoms with van der Waals surface area (Å²) in [5.74, 6) is -0.137. The number of ether oxygens (including phenoxy) is 2. The Balaban J connectivity index is 2.49. The first-order chi connectivity index (χ1) is 9.58. The Labute approximate surface area is 123 Å². The van der Waals surface area contributed by atoms with Crippen LogP contribution in [0.1, 0.15) is 40.5 Å². The van der Waals surface area contributed by atoms with E-state index >= 15 is 0 Å². The summed E-state index contributed by atoms with van der Waals surface area (Å²) in [5.41, 5.74) is 0. The molecule has 1 fully saturated rings. The molecule has 0 aromatic carbocycles. The molecule has 5 heteroatoms. The van der Waals surface area contributed by atoms with Crippen molar-refractivity contribution >= 4 is 5.97 Å². The summed E-state index contributed by atoms with van der Waals surface area (Å²) in [6, 6.07) is 0.539. The van der Waals surface area contributed by atoms with E-state index in [0.29, 0.717) is 12.6 Å². The highest BCUT2D eigenvalue weighted by Gasteiger charge is 2.25. The summed E-state index contributed by atoms with van der Waals surface area (Å²) in [6.45, 7) is 12.0. The van der Waals surface area contributed by atoms with Crippen LogP contribution in [-0.2, 0) is 14.3 Å². The molecule has 5 nitrogen and oxygen atoms in total. The fraction of sp³-hybridized carbons (Fsp3) is 0.933. The van der Waals surface area contributed by atoms with Crippen LogP contribution in [0.15, 0.2) is 0 Å². The van der Waals surface area contributed by atoms with Crippen molar-refractivity contribution in [3.05, 3.63) is 0 Å². The minimum Gasteiger partial charge on any atom is -0.465 e. The summed E-state index contributed by atoms with van der Waals surface area (Å²) in [6.07, 6.45) is 1.87. The van der Waals surface area contributed by atoms with Crippen molar-refractivity contribution in [2.45, 2.75) is 58.7 Å². The van der Waals surface area contributed by atoms with Crippen LogP contribution in [0.5, 0.6) is 0 Å². The second-order valence-corrected chi connectivity index (χ2v) is 5.59. The average molecular weight is 286 g/mol. The van der Waals surface area contributed by atoms with Crippen molar-refractivity contribution < 1.29 is 14.3 Å². The largest absolute Gasteiger partial charge is 0.465 e. The van der Waals surface area contributed by atoms with Crippen LogP contribution in [-0.4, -0.2) is 61.9 Å². The number of carbonyl (C=O) groups excluding carboxylic acids is 1. The predicted octanol–water partition coefficient (Wildman–Crippen LogP) is 1.42. The number of esters is 1. The van der Waals surface area contributed by atoms with Gasteiger partial charge in [0, 0.05) is 25.2 Å². The van der Waals surface area contributed by atoms with Gasteiger partial charge in [-0.2, -0.15) is 0 Å². The SMILES string of the molecule is CCOC(=O)C(CCN1CCOCC1CC)NC(C)C. The van der Waals surface area contributed by atoms with E-state index in [1.54, 1.807) is 0 Å². The van der Waals surface area contributed by atoms with Gasteiger partial charge < -0.3 is 14.8 Å². The van der Waals surface area contributed by atoms with E-state index in [4.69, 9.17) is 9.47 Å². The van der Waals surface area contributed by atoms with Gasteiger partial charge in [-0.25, -0.2) is 0 Å². The summed E-state index contributed by atoms with van der Waals surface area (Å²) in [4.78, 5) is 14.4. The van der Waals surface area contributed by atoms with Crippen LogP contribution in [0.2, 0.25) is 0 Å². The molecule has 0 bridgehead atoms. The Kier molecular flexibility index (Phi) is 8.11. The van der Waals surface area contributed by atoms with E-state index in [2.05, 4.69) is 31.0 Å². The summed E-state index contributed by atoms with van der Waals surface area (Å²) < 4.78 is 10.7. The smallest absolute Gasteiger partial charge is 0.323 e. The quantitative estimate of drug-likeness (QED) is 0.684. The van der Waals surface area contributed by atoms with Gasteiger partial charge in [0.2, 0.25) is 0 Å². The Hall–Kier alpha value is -0.650. The lowest BCUT2D eigenvalue weighted by Crippen LogP contribution is -2.49. The van der Waals surface area contributed by atoms with Gasteiger partial charge in [-0.1, -0.05) is 20.8 Å². The van der Waals surface area contributed by atoms with E-state index in [-0.39, 0.29) is 18.1 Å². The fourth-order valence-corrected chi connectivity index (χ4v) is 2.57. The molecular formula is C15H30N2O3. The zero-order chi connectivity index (χ0) is 15.0. The molecule has 0 aromatic heterocycles. The van der Waals surface area contributed by atoms with Crippen molar-refractivity contribution in [2.24, 2.45) is 0 Å². The first-order valence-electron chi connectivity index (χ1n) is 7.82. The maximum absolute atomic E-state index is 12.0. The van der Waals surface area contributed by atoms with Gasteiger partial charge in [-0.05, 0) is 19.8 Å². The van der Waals surface area contributed by atoms with E-state index in [1.807, 2.05) is 6.92 Å². The maximum atomic E-state index is 12.0. The molecule has 1 rings (SSSR count). The summed E-state index contributed by atoms with van der Waals surface area (Å²) in [5, 5.41) is 3.30. The first kappa shape index (κ1) is 17.4. The highest BCUT2D eigenvalue weighted by Crippen LogP contribution is 2.12. The van der Waals surface area contributed by atoms with Gasteiger partial charge in [0.05, 0.1) is 19.8 Å². The van der Waals surface area contributed by atoms with Crippen molar-refractivity contribution in [2.75, 3.05) is 32.9 Å². The average Bonchev–Trinajstić information content (AvgIpc) is 2.43. The third-order valence-electron chi connectivity index (χ3n) is 3.63. The second-order valence-electron chi connectivity index (χ2n) is 5.59. The van der Waals surface area contributed by atoms with Crippen LogP contribution in [0.4, 0.5) is 0 Å². The molecule has 0 aliphatic carbocycles. The summed E-state index contributed by atoms with van der Waals surface area (Å²) in [7, 11) is 0. The molecule has 0 saturated carbocycles. The van der Waals surface area contributed by atoms with Gasteiger partial charge in [-0.15, -0.1) is 0 Å². The normalized spacial score (nSPS) is 21.9. The number of nitrogens with zero attached hydrogens (tertiary/aromatic N) is 1. The molecular weight excluding hydrogens is 256 g/mol. The predicted molar refractivity (Wildman–Crippen MR) is 79.8 cm³/mol. The summed E-state index contributed by atoms with van der Waals surface area (Å²) >= 11 is 0. The van der Waals surface area contributed by atoms with Crippen molar-refractivity contribution in [3.8, 4) is 0 Å². The molecule has 0 spiro atoms. The lowest BCUT2D eigenvalue weighted by molar-refractivity contribution is -0.146. The minimum atomic E-state index is -0.213. The van der Waals surface area contributed by atoms with Crippen LogP contribution >= 0.6 is 0 Å². The van der Waals surface area contributed by atoms with Gasteiger partial charge in [-0.3, -0.25) is 9.69 Å². The number of carbonyl (C=O) groups is 1. The molecule has 1 N–H and O–H groups in total. The van der Waals surface area contributed by atoms with Crippen molar-refractivity contribution in [3.63, 3.8) is 0 Å². The van der Waals surface area contributed by atoms with Crippen LogP contribution in [0.3, 0.4) is 0 Å². The van der Waals surface area contributed by atoms with Crippen LogP contribution < -0.4 is 5.32 Å². The number of rotatable bonds is 8. The van der Waals surface area contributed by atoms with E-state index < -0.39 is 0 Å². The Bertz CT molecular complexity index is 284. The molecule has 0 amide bonds. The number of hydrogen-bond acceptors (Lipinski definition) is 5. The standard InChI is InChI=1S/C15H30N2O3/c1-5-13-11-19-10-9-17(13)8-7-14(16-12(3)4)15(18)20-6-2/h12-14,16H,5-11H2,1-4H3. The minimum absolute atomic E-state index is 0.137. The molecule has 1 saturated heterocycles. The van der Waals surface area contributed by atoms with Gasteiger partial charge >= 0.3 is 5.97 Å². The number of hydrogen-bond donors (Lipinski definition) is 1. The number of morpholine rings is 1. The van der Waals surface area contributed by atoms with E-state index in [0.717, 1.165) is 39.1 Å². The Morgan fingerprint density at radius 3 is 2.80 bits per heavy atom. The van der Waals surface area contributed by atoms with E-state index in [1.165, 1.54) is 0 Å². The highest BCUT2D eigenvalue weighted by molar-refractivity contribution is 5.75. The van der Waals surface area contributed by atoms with Crippen LogP contribution in [0, 0.1) is 0 Å². The lowest BCUT2D eigenvalue weighted by atomic mass is 10.1. The second kappa shape index (κ2) is 9.32. The fourth-order valence-electron chi connectivity index (χ4n) is 2.57. The Morgan fingerprint density at radius 1 is 1.45 bits per heavy atom. The molecule has 2 unspecified atom stereocenters. The third kappa shape index (κ3) is 5.77. The molecule has 1 heterocycles. The van der Waals surface area contributed by atoms with Crippen LogP contribution in [0.25, 0.3) is 0 Å². The van der Waals surface area contributed by atoms with Gasteiger partial charge in [0.1, 0.15) is 6.04 Å². The number of nitrogens with one attached hydrogen (secondary N) is 1. The molecule has 0 aromatic rings. The topological polar surface area (TPSA) is 50.8 Å². The van der Waals surface area contributed by atoms with Crippen molar-refractivity contribution in [1.82, 2.24) is 10.2 Å². The first-order valence-corrected chi connectivity index (χ1v) is 7.82.